The summed E-state index contributed by atoms with van der Waals surface area (Å²) in [6, 6.07) is 0.607. The molecule has 0 aliphatic heterocycles. The van der Waals surface area contributed by atoms with Crippen LogP contribution in [0.25, 0.3) is 11.1 Å². The lowest BCUT2D eigenvalue weighted by Crippen LogP contribution is -2.37. The molecule has 2 heterocycles. The van der Waals surface area contributed by atoms with Crippen molar-refractivity contribution in [2.45, 2.75) is 58.7 Å². The van der Waals surface area contributed by atoms with E-state index >= 15 is 0 Å². The fraction of sp³-hybridized carbons (Fsp3) is 0.562. The Balaban J connectivity index is 2.39. The van der Waals surface area contributed by atoms with Gasteiger partial charge >= 0.3 is 6.18 Å². The van der Waals surface area contributed by atoms with Gasteiger partial charge in [0.25, 0.3) is 11.6 Å². The summed E-state index contributed by atoms with van der Waals surface area (Å²) in [6.45, 7) is 7.06. The van der Waals surface area contributed by atoms with Gasteiger partial charge in [0.15, 0.2) is 0 Å². The van der Waals surface area contributed by atoms with Gasteiger partial charge in [0.2, 0.25) is 0 Å². The van der Waals surface area contributed by atoms with E-state index in [0.717, 1.165) is 0 Å². The zero-order chi connectivity index (χ0) is 18.1. The number of carbonyl (C=O) groups is 1. The molecule has 0 spiro atoms. The molecule has 1 N–H and O–H groups in total. The van der Waals surface area contributed by atoms with E-state index in [1.165, 1.54) is 0 Å². The third-order valence-electron chi connectivity index (χ3n) is 3.78. The van der Waals surface area contributed by atoms with Crippen molar-refractivity contribution in [3.05, 3.63) is 23.0 Å². The predicted molar refractivity (Wildman–Crippen MR) is 82.8 cm³/mol. The van der Waals surface area contributed by atoms with Crippen molar-refractivity contribution in [1.82, 2.24) is 15.5 Å². The van der Waals surface area contributed by atoms with Crippen molar-refractivity contribution >= 4 is 17.0 Å². The summed E-state index contributed by atoms with van der Waals surface area (Å²) in [5, 5.41) is 6.69. The number of aryl methyl sites for hydroxylation is 1. The Kier molecular flexibility index (Phi) is 5.15. The van der Waals surface area contributed by atoms with Gasteiger partial charge in [-0.05, 0) is 25.3 Å². The molecule has 132 valence electrons. The Morgan fingerprint density at radius 1 is 1.38 bits per heavy atom. The lowest BCUT2D eigenvalue weighted by molar-refractivity contribution is -0.139. The van der Waals surface area contributed by atoms with E-state index in [-0.39, 0.29) is 23.6 Å². The van der Waals surface area contributed by atoms with Crippen LogP contribution in [-0.4, -0.2) is 28.3 Å². The Bertz CT molecular complexity index is 738. The topological polar surface area (TPSA) is 68.0 Å². The van der Waals surface area contributed by atoms with Crippen molar-refractivity contribution in [2.24, 2.45) is 0 Å². The van der Waals surface area contributed by atoms with Crippen molar-refractivity contribution in [1.29, 1.82) is 0 Å². The number of carbonyl (C=O) groups excluding carboxylic acids is 1. The van der Waals surface area contributed by atoms with Gasteiger partial charge in [0.1, 0.15) is 0 Å². The van der Waals surface area contributed by atoms with E-state index in [1.807, 2.05) is 13.8 Å². The molecule has 0 saturated heterocycles. The summed E-state index contributed by atoms with van der Waals surface area (Å²) in [5.41, 5.74) is 1.55. The highest BCUT2D eigenvalue weighted by Gasteiger charge is 2.32. The Labute approximate surface area is 137 Å². The number of hydrogen-bond acceptors (Lipinski definition) is 4. The zero-order valence-electron chi connectivity index (χ0n) is 14.0. The lowest BCUT2D eigenvalue weighted by atomic mass is 10.0. The van der Waals surface area contributed by atoms with E-state index in [9.17, 15) is 18.0 Å². The molecule has 0 unspecified atom stereocenters. The van der Waals surface area contributed by atoms with E-state index in [0.29, 0.717) is 16.8 Å². The maximum atomic E-state index is 12.6. The van der Waals surface area contributed by atoms with E-state index in [1.54, 1.807) is 19.9 Å². The van der Waals surface area contributed by atoms with Crippen LogP contribution in [0, 0.1) is 6.92 Å². The average Bonchev–Trinajstić information content (AvgIpc) is 2.85. The van der Waals surface area contributed by atoms with Gasteiger partial charge in [-0.15, -0.1) is 0 Å². The fourth-order valence-electron chi connectivity index (χ4n) is 2.43. The van der Waals surface area contributed by atoms with Gasteiger partial charge < -0.3 is 9.84 Å². The summed E-state index contributed by atoms with van der Waals surface area (Å²) >= 11 is 0. The molecule has 24 heavy (non-hydrogen) atoms. The van der Waals surface area contributed by atoms with Gasteiger partial charge in [-0.2, -0.15) is 13.2 Å². The summed E-state index contributed by atoms with van der Waals surface area (Å²) in [5.74, 6) is -0.546. The van der Waals surface area contributed by atoms with Crippen molar-refractivity contribution in [2.75, 3.05) is 0 Å². The van der Waals surface area contributed by atoms with Crippen molar-refractivity contribution < 1.29 is 22.5 Å². The SMILES string of the molecule is CC[C@H](CC(F)(F)F)NC(=O)c1cc(C(C)C)nc2onc(C)c12. The molecule has 0 aromatic carbocycles. The van der Waals surface area contributed by atoms with E-state index in [4.69, 9.17) is 4.52 Å². The number of alkyl halides is 3. The van der Waals surface area contributed by atoms with Crippen LogP contribution in [0.5, 0.6) is 0 Å². The molecule has 2 rings (SSSR count). The van der Waals surface area contributed by atoms with Crippen LogP contribution in [-0.2, 0) is 0 Å². The van der Waals surface area contributed by atoms with Crippen LogP contribution >= 0.6 is 0 Å². The van der Waals surface area contributed by atoms with Gasteiger partial charge in [0.05, 0.1) is 23.1 Å². The number of halogens is 3. The highest BCUT2D eigenvalue weighted by Crippen LogP contribution is 2.26. The largest absolute Gasteiger partial charge is 0.391 e. The second-order valence-electron chi connectivity index (χ2n) is 6.10. The molecule has 1 atom stereocenters. The maximum Gasteiger partial charge on any atom is 0.391 e. The molecule has 0 radical (unpaired) electrons. The highest BCUT2D eigenvalue weighted by atomic mass is 19.4. The number of nitrogens with zero attached hydrogens (tertiary/aromatic N) is 2. The second kappa shape index (κ2) is 6.78. The monoisotopic (exact) mass is 343 g/mol. The van der Waals surface area contributed by atoms with E-state index in [2.05, 4.69) is 15.5 Å². The number of aromatic nitrogens is 2. The first-order chi connectivity index (χ1) is 11.1. The molecule has 2 aromatic heterocycles. The number of rotatable bonds is 5. The Morgan fingerprint density at radius 3 is 2.58 bits per heavy atom. The number of hydrogen-bond donors (Lipinski definition) is 1. The summed E-state index contributed by atoms with van der Waals surface area (Å²) < 4.78 is 42.9. The van der Waals surface area contributed by atoms with Crippen LogP contribution < -0.4 is 5.32 Å². The number of pyridine rings is 1. The van der Waals surface area contributed by atoms with Gasteiger partial charge in [0, 0.05) is 11.7 Å². The molecule has 0 aliphatic rings. The second-order valence-corrected chi connectivity index (χ2v) is 6.10. The molecule has 0 aliphatic carbocycles. The lowest BCUT2D eigenvalue weighted by Gasteiger charge is -2.19. The van der Waals surface area contributed by atoms with Crippen LogP contribution in [0.1, 0.15) is 61.3 Å². The third-order valence-corrected chi connectivity index (χ3v) is 3.78. The predicted octanol–water partition coefficient (Wildman–Crippen LogP) is 4.12. The summed E-state index contributed by atoms with van der Waals surface area (Å²) in [4.78, 5) is 16.9. The third kappa shape index (κ3) is 4.04. The van der Waals surface area contributed by atoms with Crippen LogP contribution in [0.3, 0.4) is 0 Å². The van der Waals surface area contributed by atoms with Gasteiger partial charge in [-0.25, -0.2) is 4.98 Å². The minimum atomic E-state index is -4.34. The van der Waals surface area contributed by atoms with Crippen LogP contribution in [0.4, 0.5) is 13.2 Å². The van der Waals surface area contributed by atoms with Crippen molar-refractivity contribution in [3.8, 4) is 0 Å². The minimum Gasteiger partial charge on any atom is -0.349 e. The Hall–Kier alpha value is -2.12. The van der Waals surface area contributed by atoms with Crippen molar-refractivity contribution in [3.63, 3.8) is 0 Å². The molecule has 2 aromatic rings. The molecule has 0 fully saturated rings. The molecule has 0 saturated carbocycles. The van der Waals surface area contributed by atoms with E-state index < -0.39 is 24.5 Å². The zero-order valence-corrected chi connectivity index (χ0v) is 14.0. The first-order valence-electron chi connectivity index (χ1n) is 7.77. The quantitative estimate of drug-likeness (QED) is 0.887. The maximum absolute atomic E-state index is 12.6. The molecular weight excluding hydrogens is 323 g/mol. The Morgan fingerprint density at radius 2 is 2.04 bits per heavy atom. The van der Waals surface area contributed by atoms with Gasteiger partial charge in [-0.3, -0.25) is 4.79 Å². The molecule has 8 heteroatoms. The van der Waals surface area contributed by atoms with Gasteiger partial charge in [-0.1, -0.05) is 25.9 Å². The first kappa shape index (κ1) is 18.2. The summed E-state index contributed by atoms with van der Waals surface area (Å²) in [6.07, 6.45) is -5.22. The highest BCUT2D eigenvalue weighted by molar-refractivity contribution is 6.06. The number of amides is 1. The molecule has 1 amide bonds. The molecular formula is C16H20F3N3O2. The summed E-state index contributed by atoms with van der Waals surface area (Å²) in [7, 11) is 0. The van der Waals surface area contributed by atoms with Crippen LogP contribution in [0.2, 0.25) is 0 Å². The molecule has 5 nitrogen and oxygen atoms in total. The average molecular weight is 343 g/mol. The normalized spacial score (nSPS) is 13.5. The number of nitrogens with one attached hydrogen (secondary N) is 1. The minimum absolute atomic E-state index is 0.0310. The fourth-order valence-corrected chi connectivity index (χ4v) is 2.43. The van der Waals surface area contributed by atoms with Crippen LogP contribution in [0.15, 0.2) is 10.6 Å². The molecule has 0 bridgehead atoms. The smallest absolute Gasteiger partial charge is 0.349 e. The number of fused-ring (bicyclic) bond motifs is 1. The standard InChI is InChI=1S/C16H20F3N3O2/c1-5-10(7-16(17,18)19)20-14(23)11-6-12(8(2)3)21-15-13(11)9(4)22-24-15/h6,8,10H,5,7H2,1-4H3,(H,20,23)/t10-/m1/s1. The first-order valence-corrected chi connectivity index (χ1v) is 7.77.